The van der Waals surface area contributed by atoms with E-state index in [1.165, 1.54) is 12.2 Å². The van der Waals surface area contributed by atoms with Crippen molar-refractivity contribution in [2.75, 3.05) is 6.54 Å². The van der Waals surface area contributed by atoms with Gasteiger partial charge in [0.15, 0.2) is 0 Å². The molecule has 0 spiro atoms. The fourth-order valence-corrected chi connectivity index (χ4v) is 2.39. The molecule has 1 aromatic rings. The van der Waals surface area contributed by atoms with Crippen LogP contribution >= 0.6 is 15.9 Å². The summed E-state index contributed by atoms with van der Waals surface area (Å²) in [5, 5.41) is 0. The van der Waals surface area contributed by atoms with Crippen LogP contribution in [0.25, 0.3) is 0 Å². The van der Waals surface area contributed by atoms with E-state index >= 15 is 0 Å². The van der Waals surface area contributed by atoms with Crippen molar-refractivity contribution in [1.29, 1.82) is 0 Å². The van der Waals surface area contributed by atoms with Crippen LogP contribution in [0, 0.1) is 5.92 Å². The van der Waals surface area contributed by atoms with Crippen molar-refractivity contribution in [3.05, 3.63) is 16.6 Å². The summed E-state index contributed by atoms with van der Waals surface area (Å²) in [5.74, 6) is 1.95. The Morgan fingerprint density at radius 2 is 2.54 bits per heavy atom. The third-order valence-electron chi connectivity index (χ3n) is 2.68. The van der Waals surface area contributed by atoms with Crippen molar-refractivity contribution in [3.63, 3.8) is 0 Å². The van der Waals surface area contributed by atoms with Crippen LogP contribution in [-0.2, 0) is 13.0 Å². The maximum atomic E-state index is 5.56. The lowest BCUT2D eigenvalue weighted by atomic mass is 9.96. The van der Waals surface area contributed by atoms with Gasteiger partial charge in [-0.2, -0.15) is 0 Å². The molecule has 2 heterocycles. The number of halogens is 1. The average Bonchev–Trinajstić information content (AvgIpc) is 2.49. The van der Waals surface area contributed by atoms with Gasteiger partial charge >= 0.3 is 0 Å². The lowest BCUT2D eigenvalue weighted by molar-refractivity contribution is 0.346. The minimum Gasteiger partial charge on any atom is -0.330 e. The van der Waals surface area contributed by atoms with Crippen molar-refractivity contribution in [1.82, 2.24) is 9.55 Å². The van der Waals surface area contributed by atoms with Gasteiger partial charge < -0.3 is 10.3 Å². The Bertz CT molecular complexity index is 295. The molecule has 72 valence electrons. The molecule has 0 fully saturated rings. The molecule has 1 unspecified atom stereocenters. The summed E-state index contributed by atoms with van der Waals surface area (Å²) in [6.07, 6.45) is 5.35. The zero-order valence-corrected chi connectivity index (χ0v) is 9.13. The molecule has 4 heteroatoms. The molecule has 0 saturated carbocycles. The largest absolute Gasteiger partial charge is 0.330 e. The zero-order valence-electron chi connectivity index (χ0n) is 7.54. The molecule has 0 bridgehead atoms. The first-order chi connectivity index (χ1) is 6.31. The van der Waals surface area contributed by atoms with Crippen LogP contribution in [0.3, 0.4) is 0 Å². The van der Waals surface area contributed by atoms with Crippen LogP contribution in [0.15, 0.2) is 10.8 Å². The third kappa shape index (κ3) is 1.79. The Morgan fingerprint density at radius 1 is 1.69 bits per heavy atom. The van der Waals surface area contributed by atoms with E-state index in [0.29, 0.717) is 0 Å². The van der Waals surface area contributed by atoms with E-state index in [2.05, 4.69) is 25.5 Å². The summed E-state index contributed by atoms with van der Waals surface area (Å²) in [6, 6.07) is 0. The number of nitrogens with two attached hydrogens (primary N) is 1. The van der Waals surface area contributed by atoms with Crippen LogP contribution in [0.5, 0.6) is 0 Å². The van der Waals surface area contributed by atoms with Gasteiger partial charge in [-0.15, -0.1) is 0 Å². The fraction of sp³-hybridized carbons (Fsp3) is 0.667. The van der Waals surface area contributed by atoms with Gasteiger partial charge in [-0.25, -0.2) is 4.98 Å². The van der Waals surface area contributed by atoms with Crippen LogP contribution in [0.2, 0.25) is 0 Å². The SMILES string of the molecule is NCCC1CCc2ncc(Br)n2C1. The number of nitrogens with zero attached hydrogens (tertiary/aromatic N) is 2. The predicted molar refractivity (Wildman–Crippen MR) is 55.4 cm³/mol. The highest BCUT2D eigenvalue weighted by atomic mass is 79.9. The Morgan fingerprint density at radius 3 is 3.31 bits per heavy atom. The van der Waals surface area contributed by atoms with Crippen LogP contribution in [-0.4, -0.2) is 16.1 Å². The molecule has 1 aliphatic heterocycles. The zero-order chi connectivity index (χ0) is 9.26. The van der Waals surface area contributed by atoms with Gasteiger partial charge in [-0.3, -0.25) is 0 Å². The summed E-state index contributed by atoms with van der Waals surface area (Å²) in [7, 11) is 0. The normalized spacial score (nSPS) is 21.5. The van der Waals surface area contributed by atoms with E-state index in [9.17, 15) is 0 Å². The highest BCUT2D eigenvalue weighted by Gasteiger charge is 2.19. The van der Waals surface area contributed by atoms with Gasteiger partial charge in [-0.1, -0.05) is 0 Å². The van der Waals surface area contributed by atoms with Gasteiger partial charge in [0.05, 0.1) is 6.20 Å². The monoisotopic (exact) mass is 243 g/mol. The van der Waals surface area contributed by atoms with Crippen LogP contribution in [0.4, 0.5) is 0 Å². The van der Waals surface area contributed by atoms with Crippen molar-refractivity contribution in [3.8, 4) is 0 Å². The van der Waals surface area contributed by atoms with Crippen LogP contribution in [0.1, 0.15) is 18.7 Å². The Labute approximate surface area is 86.5 Å². The highest BCUT2D eigenvalue weighted by molar-refractivity contribution is 9.10. The molecule has 0 amide bonds. The topological polar surface area (TPSA) is 43.8 Å². The molecule has 0 aliphatic carbocycles. The number of hydrogen-bond donors (Lipinski definition) is 1. The molecule has 0 saturated heterocycles. The molecule has 3 nitrogen and oxygen atoms in total. The first-order valence-electron chi connectivity index (χ1n) is 4.71. The summed E-state index contributed by atoms with van der Waals surface area (Å²) < 4.78 is 3.35. The lowest BCUT2D eigenvalue weighted by Gasteiger charge is -2.23. The van der Waals surface area contributed by atoms with Gasteiger partial charge in [0, 0.05) is 13.0 Å². The molecular formula is C9H14BrN3. The molecule has 1 aromatic heterocycles. The minimum atomic E-state index is 0.739. The molecule has 1 aliphatic rings. The Kier molecular flexibility index (Phi) is 2.69. The number of fused-ring (bicyclic) bond motifs is 1. The van der Waals surface area contributed by atoms with Crippen LogP contribution < -0.4 is 5.73 Å². The van der Waals surface area contributed by atoms with E-state index in [1.54, 1.807) is 0 Å². The first-order valence-corrected chi connectivity index (χ1v) is 5.50. The van der Waals surface area contributed by atoms with E-state index in [1.807, 2.05) is 6.20 Å². The Balaban J connectivity index is 2.13. The lowest BCUT2D eigenvalue weighted by Crippen LogP contribution is -2.22. The molecule has 2 rings (SSSR count). The minimum absolute atomic E-state index is 0.739. The molecule has 0 radical (unpaired) electrons. The smallest absolute Gasteiger partial charge is 0.109 e. The number of aromatic nitrogens is 2. The van der Waals surface area contributed by atoms with Crippen molar-refractivity contribution in [2.24, 2.45) is 11.7 Å². The van der Waals surface area contributed by atoms with E-state index in [0.717, 1.165) is 36.5 Å². The second-order valence-electron chi connectivity index (χ2n) is 3.59. The summed E-state index contributed by atoms with van der Waals surface area (Å²) >= 11 is 3.50. The Hall–Kier alpha value is -0.350. The molecule has 13 heavy (non-hydrogen) atoms. The molecular weight excluding hydrogens is 230 g/mol. The number of rotatable bonds is 2. The second-order valence-corrected chi connectivity index (χ2v) is 4.40. The molecule has 0 aromatic carbocycles. The van der Waals surface area contributed by atoms with E-state index in [-0.39, 0.29) is 0 Å². The maximum absolute atomic E-state index is 5.56. The highest BCUT2D eigenvalue weighted by Crippen LogP contribution is 2.25. The van der Waals surface area contributed by atoms with Crippen molar-refractivity contribution < 1.29 is 0 Å². The first kappa shape index (κ1) is 9.21. The van der Waals surface area contributed by atoms with Crippen molar-refractivity contribution in [2.45, 2.75) is 25.8 Å². The summed E-state index contributed by atoms with van der Waals surface area (Å²) in [6.45, 7) is 1.87. The van der Waals surface area contributed by atoms with E-state index in [4.69, 9.17) is 5.73 Å². The van der Waals surface area contributed by atoms with Gasteiger partial charge in [0.25, 0.3) is 0 Å². The third-order valence-corrected chi connectivity index (χ3v) is 3.31. The van der Waals surface area contributed by atoms with Gasteiger partial charge in [-0.05, 0) is 41.2 Å². The average molecular weight is 244 g/mol. The maximum Gasteiger partial charge on any atom is 0.109 e. The number of hydrogen-bond acceptors (Lipinski definition) is 2. The van der Waals surface area contributed by atoms with E-state index < -0.39 is 0 Å². The van der Waals surface area contributed by atoms with Gasteiger partial charge in [0.1, 0.15) is 10.4 Å². The fourth-order valence-electron chi connectivity index (χ4n) is 1.94. The number of aryl methyl sites for hydroxylation is 1. The quantitative estimate of drug-likeness (QED) is 0.857. The molecule has 2 N–H and O–H groups in total. The number of imidazole rings is 1. The van der Waals surface area contributed by atoms with Crippen molar-refractivity contribution >= 4 is 15.9 Å². The summed E-state index contributed by atoms with van der Waals surface area (Å²) in [4.78, 5) is 4.34. The second kappa shape index (κ2) is 3.80. The summed E-state index contributed by atoms with van der Waals surface area (Å²) in [5.41, 5.74) is 5.56. The van der Waals surface area contributed by atoms with Gasteiger partial charge in [0.2, 0.25) is 0 Å². The standard InChI is InChI=1S/C9H14BrN3/c10-8-5-12-9-2-1-7(3-4-11)6-13(8)9/h5,7H,1-4,6,11H2. The molecule has 1 atom stereocenters. The predicted octanol–water partition coefficient (Wildman–Crippen LogP) is 1.56.